The Labute approximate surface area is 194 Å². The van der Waals surface area contributed by atoms with E-state index in [2.05, 4.69) is 70.2 Å². The maximum Gasteiger partial charge on any atom is 0.225 e. The van der Waals surface area contributed by atoms with Crippen LogP contribution in [-0.4, -0.2) is 66.5 Å². The van der Waals surface area contributed by atoms with Gasteiger partial charge in [0.2, 0.25) is 5.91 Å². The van der Waals surface area contributed by atoms with Crippen LogP contribution < -0.4 is 4.90 Å². The lowest BCUT2D eigenvalue weighted by molar-refractivity contribution is -0.138. The zero-order valence-corrected chi connectivity index (χ0v) is 19.7. The van der Waals surface area contributed by atoms with Gasteiger partial charge in [-0.3, -0.25) is 9.69 Å². The summed E-state index contributed by atoms with van der Waals surface area (Å²) in [6.45, 7) is 8.75. The fraction of sp³-hybridized carbons (Fsp3) is 0.462. The smallest absolute Gasteiger partial charge is 0.225 e. The fourth-order valence-corrected chi connectivity index (χ4v) is 5.97. The second kappa shape index (κ2) is 9.59. The van der Waals surface area contributed by atoms with Crippen LogP contribution in [0.25, 0.3) is 10.2 Å². The van der Waals surface area contributed by atoms with Crippen LogP contribution in [0.3, 0.4) is 0 Å². The number of thiazole rings is 1. The van der Waals surface area contributed by atoms with E-state index in [1.165, 1.54) is 15.8 Å². The summed E-state index contributed by atoms with van der Waals surface area (Å²) in [5.74, 6) is 0.533. The summed E-state index contributed by atoms with van der Waals surface area (Å²) < 4.78 is 1.25. The maximum absolute atomic E-state index is 13.1. The topological polar surface area (TPSA) is 39.7 Å². The van der Waals surface area contributed by atoms with Crippen LogP contribution in [0.1, 0.15) is 24.0 Å². The molecular formula is C26H32N4OS. The molecule has 2 aliphatic rings. The number of fused-ring (bicyclic) bond motifs is 1. The lowest BCUT2D eigenvalue weighted by Gasteiger charge is -2.38. The summed E-state index contributed by atoms with van der Waals surface area (Å²) in [7, 11) is 0. The molecule has 5 nitrogen and oxygen atoms in total. The first-order valence-corrected chi connectivity index (χ1v) is 12.6. The van der Waals surface area contributed by atoms with Crippen LogP contribution in [0.5, 0.6) is 0 Å². The molecule has 0 N–H and O–H groups in total. The van der Waals surface area contributed by atoms with E-state index in [1.54, 1.807) is 11.3 Å². The zero-order valence-electron chi connectivity index (χ0n) is 18.9. The Bertz CT molecular complexity index is 1050. The molecule has 3 heterocycles. The number of anilines is 1. The number of hydrogen-bond donors (Lipinski definition) is 0. The molecule has 168 valence electrons. The number of rotatable bonds is 5. The van der Waals surface area contributed by atoms with Gasteiger partial charge in [0.1, 0.15) is 0 Å². The SMILES string of the molecule is Cc1ccc2nc(N3CCC(C(=O)N4CCN(CCc5ccccc5)CC4)CC3)sc2c1. The first-order chi connectivity index (χ1) is 15.7. The van der Waals surface area contributed by atoms with Crippen molar-refractivity contribution in [3.63, 3.8) is 0 Å². The van der Waals surface area contributed by atoms with Crippen molar-refractivity contribution in [2.45, 2.75) is 26.2 Å². The van der Waals surface area contributed by atoms with E-state index in [9.17, 15) is 4.79 Å². The van der Waals surface area contributed by atoms with Crippen molar-refractivity contribution >= 4 is 32.6 Å². The molecule has 0 radical (unpaired) electrons. The van der Waals surface area contributed by atoms with Gasteiger partial charge in [-0.15, -0.1) is 0 Å². The molecule has 2 saturated heterocycles. The minimum absolute atomic E-state index is 0.166. The molecule has 2 aromatic carbocycles. The number of aromatic nitrogens is 1. The van der Waals surface area contributed by atoms with E-state index in [0.29, 0.717) is 5.91 Å². The van der Waals surface area contributed by atoms with Gasteiger partial charge in [-0.2, -0.15) is 0 Å². The highest BCUT2D eigenvalue weighted by atomic mass is 32.1. The summed E-state index contributed by atoms with van der Waals surface area (Å²) in [6, 6.07) is 17.1. The second-order valence-corrected chi connectivity index (χ2v) is 10.1. The zero-order chi connectivity index (χ0) is 21.9. The van der Waals surface area contributed by atoms with Gasteiger partial charge in [-0.25, -0.2) is 4.98 Å². The van der Waals surface area contributed by atoms with Gasteiger partial charge in [0.25, 0.3) is 0 Å². The molecular weight excluding hydrogens is 416 g/mol. The Morgan fingerprint density at radius 1 is 1.00 bits per heavy atom. The average molecular weight is 449 g/mol. The first kappa shape index (κ1) is 21.4. The number of piperazine rings is 1. The van der Waals surface area contributed by atoms with Crippen LogP contribution in [0.15, 0.2) is 48.5 Å². The number of aryl methyl sites for hydroxylation is 1. The summed E-state index contributed by atoms with van der Waals surface area (Å²) in [5.41, 5.74) is 3.75. The molecule has 0 saturated carbocycles. The minimum atomic E-state index is 0.166. The third kappa shape index (κ3) is 4.81. The fourth-order valence-electron chi connectivity index (χ4n) is 4.85. The highest BCUT2D eigenvalue weighted by Crippen LogP contribution is 2.32. The quantitative estimate of drug-likeness (QED) is 0.586. The number of carbonyl (C=O) groups is 1. The van der Waals surface area contributed by atoms with Crippen LogP contribution >= 0.6 is 11.3 Å². The Hall–Kier alpha value is -2.44. The molecule has 2 fully saturated rings. The van der Waals surface area contributed by atoms with E-state index >= 15 is 0 Å². The molecule has 0 aliphatic carbocycles. The molecule has 0 spiro atoms. The second-order valence-electron chi connectivity index (χ2n) is 9.13. The number of nitrogens with zero attached hydrogens (tertiary/aromatic N) is 4. The Kier molecular flexibility index (Phi) is 6.42. The molecule has 6 heteroatoms. The lowest BCUT2D eigenvalue weighted by atomic mass is 9.95. The Balaban J connectivity index is 1.09. The summed E-state index contributed by atoms with van der Waals surface area (Å²) in [6.07, 6.45) is 2.95. The summed E-state index contributed by atoms with van der Waals surface area (Å²) in [4.78, 5) is 24.9. The van der Waals surface area contributed by atoms with E-state index in [-0.39, 0.29) is 5.92 Å². The Morgan fingerprint density at radius 3 is 2.50 bits per heavy atom. The van der Waals surface area contributed by atoms with Gasteiger partial charge < -0.3 is 9.80 Å². The van der Waals surface area contributed by atoms with Gasteiger partial charge in [0.05, 0.1) is 10.2 Å². The standard InChI is InChI=1S/C26H32N4OS/c1-20-7-8-23-24(19-20)32-26(27-23)30-13-10-22(11-14-30)25(31)29-17-15-28(16-18-29)12-9-21-5-3-2-4-6-21/h2-8,19,22H,9-18H2,1H3. The third-order valence-corrected chi connectivity index (χ3v) is 7.97. The van der Waals surface area contributed by atoms with Crippen molar-refractivity contribution in [3.8, 4) is 0 Å². The number of amides is 1. The van der Waals surface area contributed by atoms with Crippen molar-refractivity contribution in [3.05, 3.63) is 59.7 Å². The normalized spacial score (nSPS) is 18.4. The van der Waals surface area contributed by atoms with Crippen molar-refractivity contribution < 1.29 is 4.79 Å². The van der Waals surface area contributed by atoms with E-state index in [1.807, 2.05) is 0 Å². The summed E-state index contributed by atoms with van der Waals surface area (Å²) >= 11 is 1.77. The number of benzene rings is 2. The van der Waals surface area contributed by atoms with Crippen molar-refractivity contribution in [1.82, 2.24) is 14.8 Å². The molecule has 3 aromatic rings. The van der Waals surface area contributed by atoms with E-state index in [4.69, 9.17) is 4.98 Å². The van der Waals surface area contributed by atoms with Gasteiger partial charge in [-0.05, 0) is 49.4 Å². The number of hydrogen-bond acceptors (Lipinski definition) is 5. The average Bonchev–Trinajstić information content (AvgIpc) is 3.27. The summed E-state index contributed by atoms with van der Waals surface area (Å²) in [5, 5.41) is 1.10. The molecule has 5 rings (SSSR count). The van der Waals surface area contributed by atoms with Crippen LogP contribution in [-0.2, 0) is 11.2 Å². The molecule has 1 amide bonds. The molecule has 0 bridgehead atoms. The van der Waals surface area contributed by atoms with Gasteiger partial charge in [0, 0.05) is 51.7 Å². The van der Waals surface area contributed by atoms with Crippen LogP contribution in [0.2, 0.25) is 0 Å². The first-order valence-electron chi connectivity index (χ1n) is 11.8. The van der Waals surface area contributed by atoms with Crippen LogP contribution in [0.4, 0.5) is 5.13 Å². The number of piperidine rings is 1. The van der Waals surface area contributed by atoms with Gasteiger partial charge in [-0.1, -0.05) is 47.7 Å². The van der Waals surface area contributed by atoms with Crippen molar-refractivity contribution in [2.24, 2.45) is 5.92 Å². The van der Waals surface area contributed by atoms with Crippen molar-refractivity contribution in [1.29, 1.82) is 0 Å². The predicted molar refractivity (Wildman–Crippen MR) is 132 cm³/mol. The largest absolute Gasteiger partial charge is 0.348 e. The van der Waals surface area contributed by atoms with Gasteiger partial charge in [0.15, 0.2) is 5.13 Å². The predicted octanol–water partition coefficient (Wildman–Crippen LogP) is 4.21. The highest BCUT2D eigenvalue weighted by molar-refractivity contribution is 7.22. The highest BCUT2D eigenvalue weighted by Gasteiger charge is 2.31. The maximum atomic E-state index is 13.1. The van der Waals surface area contributed by atoms with E-state index in [0.717, 1.165) is 75.7 Å². The monoisotopic (exact) mass is 448 g/mol. The lowest BCUT2D eigenvalue weighted by Crippen LogP contribution is -2.51. The Morgan fingerprint density at radius 2 is 1.75 bits per heavy atom. The molecule has 32 heavy (non-hydrogen) atoms. The van der Waals surface area contributed by atoms with E-state index < -0.39 is 0 Å². The van der Waals surface area contributed by atoms with Gasteiger partial charge >= 0.3 is 0 Å². The molecule has 0 unspecified atom stereocenters. The van der Waals surface area contributed by atoms with Crippen LogP contribution in [0, 0.1) is 12.8 Å². The number of carbonyl (C=O) groups excluding carboxylic acids is 1. The molecule has 0 atom stereocenters. The van der Waals surface area contributed by atoms with Crippen molar-refractivity contribution in [2.75, 3.05) is 50.7 Å². The third-order valence-electron chi connectivity index (χ3n) is 6.89. The minimum Gasteiger partial charge on any atom is -0.348 e. The molecule has 1 aromatic heterocycles. The molecule has 2 aliphatic heterocycles.